The average molecular weight is 480 g/mol. The van der Waals surface area contributed by atoms with E-state index in [2.05, 4.69) is 16.4 Å². The van der Waals surface area contributed by atoms with E-state index in [0.29, 0.717) is 17.5 Å². The maximum absolute atomic E-state index is 13.1. The summed E-state index contributed by atoms with van der Waals surface area (Å²) in [5.41, 5.74) is 5.19. The lowest BCUT2D eigenvalue weighted by atomic mass is 9.96. The molecule has 2 aromatic carbocycles. The van der Waals surface area contributed by atoms with E-state index in [-0.39, 0.29) is 34.8 Å². The Kier molecular flexibility index (Phi) is 5.21. The fraction of sp³-hybridized carbons (Fsp3) is 0.241. The Bertz CT molecular complexity index is 1600. The highest BCUT2D eigenvalue weighted by Crippen LogP contribution is 2.48. The second kappa shape index (κ2) is 8.45. The molecule has 7 heteroatoms. The summed E-state index contributed by atoms with van der Waals surface area (Å²) in [6.45, 7) is 2.03. The molecule has 7 nitrogen and oxygen atoms in total. The van der Waals surface area contributed by atoms with Crippen LogP contribution in [0.15, 0.2) is 71.8 Å². The number of carboxylic acid groups (broad SMARTS) is 1. The number of benzene rings is 2. The van der Waals surface area contributed by atoms with Crippen LogP contribution in [0, 0.1) is 12.8 Å². The molecule has 2 N–H and O–H groups in total. The lowest BCUT2D eigenvalue weighted by Crippen LogP contribution is -2.31. The van der Waals surface area contributed by atoms with E-state index in [4.69, 9.17) is 0 Å². The molecule has 0 spiro atoms. The van der Waals surface area contributed by atoms with Gasteiger partial charge < -0.3 is 15.0 Å². The minimum Gasteiger partial charge on any atom is -0.481 e. The van der Waals surface area contributed by atoms with Gasteiger partial charge in [0.1, 0.15) is 11.2 Å². The van der Waals surface area contributed by atoms with Gasteiger partial charge in [-0.15, -0.1) is 0 Å². The van der Waals surface area contributed by atoms with Gasteiger partial charge in [0.05, 0.1) is 11.3 Å². The van der Waals surface area contributed by atoms with Crippen LogP contribution in [-0.4, -0.2) is 32.6 Å². The fourth-order valence-electron chi connectivity index (χ4n) is 4.91. The number of amides is 1. The molecule has 180 valence electrons. The zero-order chi connectivity index (χ0) is 25.0. The molecule has 1 amide bonds. The maximum atomic E-state index is 13.1. The first kappa shape index (κ1) is 22.2. The number of nitrogens with one attached hydrogen (secondary N) is 1. The van der Waals surface area contributed by atoms with E-state index in [0.717, 1.165) is 40.8 Å². The van der Waals surface area contributed by atoms with Gasteiger partial charge in [-0.25, -0.2) is 4.98 Å². The predicted octanol–water partition coefficient (Wildman–Crippen LogP) is 4.44. The lowest BCUT2D eigenvalue weighted by Gasteiger charge is -2.15. The molecule has 2 atom stereocenters. The van der Waals surface area contributed by atoms with E-state index >= 15 is 0 Å². The molecule has 0 radical (unpaired) electrons. The number of aliphatic carboxylic acids is 1. The smallest absolute Gasteiger partial charge is 0.307 e. The molecular formula is C29H25N3O4. The van der Waals surface area contributed by atoms with Gasteiger partial charge in [0, 0.05) is 24.1 Å². The van der Waals surface area contributed by atoms with Gasteiger partial charge in [-0.1, -0.05) is 30.3 Å². The summed E-state index contributed by atoms with van der Waals surface area (Å²) < 4.78 is 1.80. The number of rotatable bonds is 6. The number of hydrogen-bond acceptors (Lipinski definition) is 4. The number of nitrogens with zero attached hydrogens (tertiary/aromatic N) is 2. The van der Waals surface area contributed by atoms with E-state index in [1.807, 2.05) is 43.3 Å². The third-order valence-electron chi connectivity index (χ3n) is 7.14. The maximum Gasteiger partial charge on any atom is 0.307 e. The highest BCUT2D eigenvalue weighted by molar-refractivity contribution is 5.97. The van der Waals surface area contributed by atoms with Crippen LogP contribution < -0.4 is 10.7 Å². The van der Waals surface area contributed by atoms with E-state index in [9.17, 15) is 19.5 Å². The van der Waals surface area contributed by atoms with Crippen LogP contribution in [0.5, 0.6) is 0 Å². The number of fused-ring (bicyclic) bond motifs is 1. The van der Waals surface area contributed by atoms with Crippen molar-refractivity contribution in [3.63, 3.8) is 0 Å². The molecule has 2 aliphatic carbocycles. The highest BCUT2D eigenvalue weighted by atomic mass is 16.4. The van der Waals surface area contributed by atoms with Crippen LogP contribution in [0.25, 0.3) is 27.8 Å². The molecular weight excluding hydrogens is 454 g/mol. The molecule has 0 aliphatic heterocycles. The molecule has 0 bridgehead atoms. The minimum absolute atomic E-state index is 0.0837. The third kappa shape index (κ3) is 3.96. The second-order valence-electron chi connectivity index (χ2n) is 9.78. The Balaban J connectivity index is 1.41. The van der Waals surface area contributed by atoms with Crippen molar-refractivity contribution in [3.8, 4) is 16.8 Å². The third-order valence-corrected chi connectivity index (χ3v) is 7.14. The van der Waals surface area contributed by atoms with Crippen LogP contribution in [0.1, 0.15) is 46.7 Å². The minimum atomic E-state index is -0.735. The van der Waals surface area contributed by atoms with Crippen LogP contribution >= 0.6 is 0 Å². The van der Waals surface area contributed by atoms with Crippen LogP contribution in [0.3, 0.4) is 0 Å². The standard InChI is InChI=1S/C29H25N3O4/c1-16-12-18(23-14-24(23)29(35)36)7-10-21(16)17-4-2-5-20(13-17)32-15-25(28(34)31-19-8-9-19)26(33)22-6-3-11-30-27(22)32/h2-7,10-13,15,19,23-24H,8-9,14H2,1H3,(H,31,34)(H,35,36)/t23-,24+/m0/s1. The average Bonchev–Trinajstić information content (AvgIpc) is 3.80. The summed E-state index contributed by atoms with van der Waals surface area (Å²) in [5.74, 6) is -1.29. The van der Waals surface area contributed by atoms with E-state index in [1.165, 1.54) is 0 Å². The van der Waals surface area contributed by atoms with E-state index in [1.54, 1.807) is 29.1 Å². The van der Waals surface area contributed by atoms with Crippen molar-refractivity contribution in [2.45, 2.75) is 38.1 Å². The fourth-order valence-corrected chi connectivity index (χ4v) is 4.91. The Labute approximate surface area is 207 Å². The van der Waals surface area contributed by atoms with E-state index < -0.39 is 5.97 Å². The first-order valence-electron chi connectivity index (χ1n) is 12.2. The Hall–Kier alpha value is -4.26. The summed E-state index contributed by atoms with van der Waals surface area (Å²) in [5, 5.41) is 12.6. The van der Waals surface area contributed by atoms with Crippen LogP contribution in [0.4, 0.5) is 0 Å². The SMILES string of the molecule is Cc1cc([C@@H]2C[C@H]2C(=O)O)ccc1-c1cccc(-n2cc(C(=O)NC3CC3)c(=O)c3cccnc32)c1. The number of hydrogen-bond donors (Lipinski definition) is 2. The van der Waals surface area contributed by atoms with Crippen molar-refractivity contribution in [1.29, 1.82) is 0 Å². The summed E-state index contributed by atoms with van der Waals surface area (Å²) >= 11 is 0. The van der Waals surface area contributed by atoms with Gasteiger partial charge in [-0.3, -0.25) is 14.4 Å². The number of carboxylic acids is 1. The number of carbonyl (C=O) groups excluding carboxylic acids is 1. The quantitative estimate of drug-likeness (QED) is 0.426. The summed E-state index contributed by atoms with van der Waals surface area (Å²) in [6.07, 6.45) is 5.79. The molecule has 2 fully saturated rings. The number of aromatic nitrogens is 2. The summed E-state index contributed by atoms with van der Waals surface area (Å²) in [4.78, 5) is 41.7. The van der Waals surface area contributed by atoms with Gasteiger partial charge in [0.2, 0.25) is 5.43 Å². The van der Waals surface area contributed by atoms with Crippen molar-refractivity contribution in [1.82, 2.24) is 14.9 Å². The van der Waals surface area contributed by atoms with Crippen LogP contribution in [0.2, 0.25) is 0 Å². The number of pyridine rings is 2. The molecule has 2 saturated carbocycles. The highest BCUT2D eigenvalue weighted by Gasteiger charge is 2.44. The van der Waals surface area contributed by atoms with Gasteiger partial charge in [-0.2, -0.15) is 0 Å². The summed E-state index contributed by atoms with van der Waals surface area (Å²) in [6, 6.07) is 17.6. The normalized spacial score (nSPS) is 18.7. The second-order valence-corrected chi connectivity index (χ2v) is 9.78. The van der Waals surface area contributed by atoms with Gasteiger partial charge in [0.25, 0.3) is 5.91 Å². The monoisotopic (exact) mass is 479 g/mol. The molecule has 0 saturated heterocycles. The van der Waals surface area contributed by atoms with Gasteiger partial charge in [0.15, 0.2) is 0 Å². The Morgan fingerprint density at radius 2 is 1.92 bits per heavy atom. The molecule has 4 aromatic rings. The first-order valence-corrected chi connectivity index (χ1v) is 12.2. The molecule has 36 heavy (non-hydrogen) atoms. The number of aryl methyl sites for hydroxylation is 1. The molecule has 0 unspecified atom stereocenters. The molecule has 6 rings (SSSR count). The van der Waals surface area contributed by atoms with Gasteiger partial charge >= 0.3 is 5.97 Å². The largest absolute Gasteiger partial charge is 0.481 e. The topological polar surface area (TPSA) is 101 Å². The zero-order valence-corrected chi connectivity index (χ0v) is 19.8. The summed E-state index contributed by atoms with van der Waals surface area (Å²) in [7, 11) is 0. The molecule has 2 heterocycles. The Morgan fingerprint density at radius 1 is 1.08 bits per heavy atom. The molecule has 2 aromatic heterocycles. The predicted molar refractivity (Wildman–Crippen MR) is 136 cm³/mol. The van der Waals surface area contributed by atoms with Crippen LogP contribution in [-0.2, 0) is 4.79 Å². The Morgan fingerprint density at radius 3 is 2.64 bits per heavy atom. The van der Waals surface area contributed by atoms with Gasteiger partial charge in [-0.05, 0) is 78.6 Å². The molecule has 2 aliphatic rings. The van der Waals surface area contributed by atoms with Crippen molar-refractivity contribution in [2.24, 2.45) is 5.92 Å². The van der Waals surface area contributed by atoms with Crippen molar-refractivity contribution in [3.05, 3.63) is 93.9 Å². The van der Waals surface area contributed by atoms with Crippen molar-refractivity contribution < 1.29 is 14.7 Å². The van der Waals surface area contributed by atoms with Crippen molar-refractivity contribution >= 4 is 22.9 Å². The van der Waals surface area contributed by atoms with Crippen molar-refractivity contribution in [2.75, 3.05) is 0 Å². The first-order chi connectivity index (χ1) is 17.4. The zero-order valence-electron chi connectivity index (χ0n) is 19.8. The lowest BCUT2D eigenvalue weighted by molar-refractivity contribution is -0.138. The number of carbonyl (C=O) groups is 2.